The molecule has 0 atom stereocenters. The van der Waals surface area contributed by atoms with Crippen LogP contribution >= 0.6 is 23.1 Å². The molecular weight excluding hydrogens is 322 g/mol. The Morgan fingerprint density at radius 1 is 1.32 bits per heavy atom. The summed E-state index contributed by atoms with van der Waals surface area (Å²) < 4.78 is 4.53. The van der Waals surface area contributed by atoms with Gasteiger partial charge in [-0.2, -0.15) is 0 Å². The number of thioether (sulfide) groups is 1. The van der Waals surface area contributed by atoms with E-state index in [2.05, 4.69) is 25.2 Å². The molecule has 3 rings (SSSR count). The molecule has 7 nitrogen and oxygen atoms in total. The van der Waals surface area contributed by atoms with Crippen molar-refractivity contribution in [1.29, 1.82) is 0 Å². The zero-order valence-electron chi connectivity index (χ0n) is 11.2. The van der Waals surface area contributed by atoms with Crippen LogP contribution in [0, 0.1) is 0 Å². The minimum atomic E-state index is -0.124. The standard InChI is InChI=1S/C13H11N5O2S2/c14-12-11(17-20-18-12)9-6-22-13(15-9)16-10(19)7-21-8-4-2-1-3-5-8/h1-6H,7H2,(H2,14,18)(H,15,16,19). The van der Waals surface area contributed by atoms with Gasteiger partial charge in [0.1, 0.15) is 5.69 Å². The smallest absolute Gasteiger partial charge is 0.236 e. The summed E-state index contributed by atoms with van der Waals surface area (Å²) in [6.07, 6.45) is 0. The molecule has 0 aliphatic carbocycles. The highest BCUT2D eigenvalue weighted by molar-refractivity contribution is 8.00. The lowest BCUT2D eigenvalue weighted by Gasteiger charge is -2.01. The van der Waals surface area contributed by atoms with Crippen LogP contribution in [0.5, 0.6) is 0 Å². The second-order valence-electron chi connectivity index (χ2n) is 4.19. The lowest BCUT2D eigenvalue weighted by molar-refractivity contribution is -0.113. The Hall–Kier alpha value is -2.39. The first kappa shape index (κ1) is 14.5. The van der Waals surface area contributed by atoms with E-state index in [9.17, 15) is 4.79 Å². The van der Waals surface area contributed by atoms with Gasteiger partial charge in [-0.25, -0.2) is 9.61 Å². The van der Waals surface area contributed by atoms with Crippen molar-refractivity contribution in [2.24, 2.45) is 0 Å². The number of nitrogen functional groups attached to an aromatic ring is 1. The topological polar surface area (TPSA) is 107 Å². The average molecular weight is 333 g/mol. The fourth-order valence-electron chi connectivity index (χ4n) is 1.63. The summed E-state index contributed by atoms with van der Waals surface area (Å²) in [6, 6.07) is 9.72. The molecule has 9 heteroatoms. The Balaban J connectivity index is 1.58. The molecule has 0 unspecified atom stereocenters. The first-order valence-electron chi connectivity index (χ1n) is 6.24. The van der Waals surface area contributed by atoms with Crippen molar-refractivity contribution in [1.82, 2.24) is 15.3 Å². The molecule has 2 aromatic heterocycles. The zero-order chi connectivity index (χ0) is 15.4. The molecule has 0 aliphatic rings. The highest BCUT2D eigenvalue weighted by Crippen LogP contribution is 2.26. The Labute approximate surface area is 133 Å². The number of carbonyl (C=O) groups excluding carboxylic acids is 1. The molecule has 3 N–H and O–H groups in total. The molecule has 1 aromatic carbocycles. The number of rotatable bonds is 5. The van der Waals surface area contributed by atoms with Crippen LogP contribution < -0.4 is 11.1 Å². The monoisotopic (exact) mass is 333 g/mol. The van der Waals surface area contributed by atoms with Gasteiger partial charge in [-0.15, -0.1) is 23.1 Å². The number of hydrogen-bond donors (Lipinski definition) is 2. The van der Waals surface area contributed by atoms with E-state index in [-0.39, 0.29) is 11.7 Å². The van der Waals surface area contributed by atoms with E-state index in [1.54, 1.807) is 5.38 Å². The van der Waals surface area contributed by atoms with Crippen LogP contribution in [0.3, 0.4) is 0 Å². The maximum absolute atomic E-state index is 11.9. The number of thiazole rings is 1. The molecule has 2 heterocycles. The quantitative estimate of drug-likeness (QED) is 0.691. The maximum atomic E-state index is 11.9. The second kappa shape index (κ2) is 6.58. The predicted molar refractivity (Wildman–Crippen MR) is 85.6 cm³/mol. The molecule has 3 aromatic rings. The third kappa shape index (κ3) is 3.43. The van der Waals surface area contributed by atoms with Crippen molar-refractivity contribution in [2.45, 2.75) is 4.90 Å². The van der Waals surface area contributed by atoms with Crippen LogP contribution in [-0.2, 0) is 4.79 Å². The summed E-state index contributed by atoms with van der Waals surface area (Å²) in [4.78, 5) is 17.2. The number of carbonyl (C=O) groups is 1. The summed E-state index contributed by atoms with van der Waals surface area (Å²) in [5, 5.41) is 12.1. The Bertz CT molecular complexity index is 772. The fourth-order valence-corrected chi connectivity index (χ4v) is 3.06. The lowest BCUT2D eigenvalue weighted by Crippen LogP contribution is -2.13. The number of aromatic nitrogens is 3. The van der Waals surface area contributed by atoms with E-state index in [4.69, 9.17) is 5.73 Å². The summed E-state index contributed by atoms with van der Waals surface area (Å²) in [5.41, 5.74) is 6.50. The van der Waals surface area contributed by atoms with Crippen LogP contribution in [0.4, 0.5) is 10.9 Å². The SMILES string of the molecule is Nc1nonc1-c1csc(NC(=O)CSc2ccccc2)n1. The van der Waals surface area contributed by atoms with Gasteiger partial charge >= 0.3 is 0 Å². The number of anilines is 2. The van der Waals surface area contributed by atoms with Gasteiger partial charge < -0.3 is 11.1 Å². The minimum absolute atomic E-state index is 0.124. The predicted octanol–water partition coefficient (Wildman–Crippen LogP) is 2.51. The van der Waals surface area contributed by atoms with Crippen LogP contribution in [-0.4, -0.2) is 27.0 Å². The normalized spacial score (nSPS) is 10.5. The van der Waals surface area contributed by atoms with Crippen LogP contribution in [0.15, 0.2) is 45.2 Å². The molecule has 0 spiro atoms. The summed E-state index contributed by atoms with van der Waals surface area (Å²) in [7, 11) is 0. The highest BCUT2D eigenvalue weighted by Gasteiger charge is 2.14. The van der Waals surface area contributed by atoms with Crippen molar-refractivity contribution in [3.8, 4) is 11.4 Å². The summed E-state index contributed by atoms with van der Waals surface area (Å²) in [6.45, 7) is 0. The van der Waals surface area contributed by atoms with E-state index >= 15 is 0 Å². The van der Waals surface area contributed by atoms with Crippen molar-refractivity contribution in [3.63, 3.8) is 0 Å². The van der Waals surface area contributed by atoms with Gasteiger partial charge in [0.25, 0.3) is 0 Å². The number of nitrogens with zero attached hydrogens (tertiary/aromatic N) is 3. The van der Waals surface area contributed by atoms with Crippen LogP contribution in [0.2, 0.25) is 0 Å². The number of hydrogen-bond acceptors (Lipinski definition) is 8. The molecule has 0 saturated heterocycles. The fraction of sp³-hybridized carbons (Fsp3) is 0.0769. The van der Waals surface area contributed by atoms with Crippen molar-refractivity contribution >= 4 is 40.0 Å². The second-order valence-corrected chi connectivity index (χ2v) is 6.09. The first-order valence-corrected chi connectivity index (χ1v) is 8.10. The number of benzene rings is 1. The molecule has 0 saturated carbocycles. The van der Waals surface area contributed by atoms with Crippen molar-refractivity contribution in [3.05, 3.63) is 35.7 Å². The molecule has 0 fully saturated rings. The lowest BCUT2D eigenvalue weighted by atomic mass is 10.3. The zero-order valence-corrected chi connectivity index (χ0v) is 12.9. The Morgan fingerprint density at radius 3 is 2.86 bits per heavy atom. The Morgan fingerprint density at radius 2 is 2.14 bits per heavy atom. The van der Waals surface area contributed by atoms with Gasteiger partial charge in [0.05, 0.1) is 5.75 Å². The molecule has 1 amide bonds. The van der Waals surface area contributed by atoms with Crippen molar-refractivity contribution in [2.75, 3.05) is 16.8 Å². The minimum Gasteiger partial charge on any atom is -0.379 e. The third-order valence-electron chi connectivity index (χ3n) is 2.62. The molecule has 0 bridgehead atoms. The number of nitrogens with two attached hydrogens (primary N) is 1. The van der Waals surface area contributed by atoms with Gasteiger partial charge in [0.2, 0.25) is 5.91 Å². The number of amides is 1. The maximum Gasteiger partial charge on any atom is 0.236 e. The van der Waals surface area contributed by atoms with Gasteiger partial charge in [-0.1, -0.05) is 18.2 Å². The Kier molecular flexibility index (Phi) is 4.35. The van der Waals surface area contributed by atoms with Gasteiger partial charge in [0.15, 0.2) is 16.6 Å². The molecule has 112 valence electrons. The van der Waals surface area contributed by atoms with E-state index in [1.165, 1.54) is 23.1 Å². The highest BCUT2D eigenvalue weighted by atomic mass is 32.2. The molecule has 0 aliphatic heterocycles. The molecular formula is C13H11N5O2S2. The van der Waals surface area contributed by atoms with Gasteiger partial charge in [-0.3, -0.25) is 4.79 Å². The van der Waals surface area contributed by atoms with E-state index in [1.807, 2.05) is 30.3 Å². The largest absolute Gasteiger partial charge is 0.379 e. The van der Waals surface area contributed by atoms with Gasteiger partial charge in [-0.05, 0) is 22.4 Å². The summed E-state index contributed by atoms with van der Waals surface area (Å²) >= 11 is 2.75. The molecule has 22 heavy (non-hydrogen) atoms. The van der Waals surface area contributed by atoms with Gasteiger partial charge in [0, 0.05) is 10.3 Å². The van der Waals surface area contributed by atoms with E-state index in [0.29, 0.717) is 22.3 Å². The van der Waals surface area contributed by atoms with E-state index in [0.717, 1.165) is 4.90 Å². The number of nitrogens with one attached hydrogen (secondary N) is 1. The first-order chi connectivity index (χ1) is 10.7. The third-order valence-corrected chi connectivity index (χ3v) is 4.39. The molecule has 0 radical (unpaired) electrons. The van der Waals surface area contributed by atoms with Crippen LogP contribution in [0.25, 0.3) is 11.4 Å². The van der Waals surface area contributed by atoms with Crippen molar-refractivity contribution < 1.29 is 9.42 Å². The van der Waals surface area contributed by atoms with E-state index < -0.39 is 0 Å². The van der Waals surface area contributed by atoms with Crippen LogP contribution in [0.1, 0.15) is 0 Å². The summed E-state index contributed by atoms with van der Waals surface area (Å²) in [5.74, 6) is 0.357. The average Bonchev–Trinajstić information content (AvgIpc) is 3.15.